The second-order valence-corrected chi connectivity index (χ2v) is 12.9. The van der Waals surface area contributed by atoms with E-state index < -0.39 is 0 Å². The number of hydrogen-bond acceptors (Lipinski definition) is 3. The van der Waals surface area contributed by atoms with Gasteiger partial charge in [-0.2, -0.15) is 0 Å². The van der Waals surface area contributed by atoms with E-state index in [0.29, 0.717) is 11.7 Å². The summed E-state index contributed by atoms with van der Waals surface area (Å²) in [4.78, 5) is 15.1. The molecule has 0 aliphatic heterocycles. The van der Waals surface area contributed by atoms with E-state index in [1.165, 1.54) is 22.3 Å². The van der Waals surface area contributed by atoms with Crippen LogP contribution in [0.1, 0.15) is 11.1 Å². The van der Waals surface area contributed by atoms with Crippen molar-refractivity contribution in [3.63, 3.8) is 0 Å². The van der Waals surface area contributed by atoms with E-state index in [-0.39, 0.29) is 0 Å². The van der Waals surface area contributed by atoms with Crippen LogP contribution in [0.4, 0.5) is 0 Å². The molecule has 1 atom stereocenters. The molecule has 2 heterocycles. The van der Waals surface area contributed by atoms with Gasteiger partial charge >= 0.3 is 0 Å². The molecule has 2 aliphatic rings. The second-order valence-electron chi connectivity index (χ2n) is 12.9. The zero-order valence-corrected chi connectivity index (χ0v) is 27.4. The van der Waals surface area contributed by atoms with Crippen LogP contribution in [-0.2, 0) is 6.42 Å². The van der Waals surface area contributed by atoms with E-state index in [1.807, 2.05) is 30.5 Å². The van der Waals surface area contributed by atoms with Gasteiger partial charge in [0.15, 0.2) is 5.82 Å². The van der Waals surface area contributed by atoms with Crippen molar-refractivity contribution in [2.45, 2.75) is 6.42 Å². The fourth-order valence-electron chi connectivity index (χ4n) is 7.12. The standard InChI is InChI=1S/C47H33N3/c1-3-13-32(14-4-1)45-31-46(33-15-5-2-6-16-33)50-47(49-45)41-28-39(35-19-11-21-38(26-35)44-23-9-10-24-48-44)27-40(29-41)42-22-12-20-37-25-34-17-7-8-18-36(34)30-43(37)42/h1-24,26-31,34H,25H2. The van der Waals surface area contributed by atoms with Gasteiger partial charge in [-0.3, -0.25) is 4.98 Å². The third-order valence-electron chi connectivity index (χ3n) is 9.64. The Kier molecular flexibility index (Phi) is 7.64. The number of hydrogen-bond donors (Lipinski definition) is 0. The maximum absolute atomic E-state index is 5.23. The molecule has 0 amide bonds. The summed E-state index contributed by atoms with van der Waals surface area (Å²) in [5, 5.41) is 0. The number of aromatic nitrogens is 3. The number of pyridine rings is 1. The van der Waals surface area contributed by atoms with Crippen LogP contribution in [0, 0.1) is 5.92 Å². The Hall–Kier alpha value is -6.45. The van der Waals surface area contributed by atoms with Crippen LogP contribution in [-0.4, -0.2) is 15.0 Å². The molecule has 0 radical (unpaired) electrons. The molecule has 0 N–H and O–H groups in total. The lowest BCUT2D eigenvalue weighted by molar-refractivity contribution is 0.759. The normalized spacial score (nSPS) is 14.5. The van der Waals surface area contributed by atoms with Crippen molar-refractivity contribution in [2.24, 2.45) is 5.92 Å². The molecule has 50 heavy (non-hydrogen) atoms. The molecule has 0 spiro atoms. The van der Waals surface area contributed by atoms with E-state index in [0.717, 1.165) is 62.4 Å². The first-order chi connectivity index (χ1) is 24.7. The van der Waals surface area contributed by atoms with Crippen molar-refractivity contribution in [3.8, 4) is 67.4 Å². The molecule has 1 unspecified atom stereocenters. The number of nitrogens with zero attached hydrogens (tertiary/aromatic N) is 3. The smallest absolute Gasteiger partial charge is 0.160 e. The van der Waals surface area contributed by atoms with Crippen LogP contribution in [0.3, 0.4) is 0 Å². The van der Waals surface area contributed by atoms with E-state index in [9.17, 15) is 0 Å². The number of fused-ring (bicyclic) bond motifs is 2. The van der Waals surface area contributed by atoms with Gasteiger partial charge in [0.25, 0.3) is 0 Å². The van der Waals surface area contributed by atoms with Crippen LogP contribution < -0.4 is 0 Å². The zero-order chi connectivity index (χ0) is 33.3. The molecule has 3 nitrogen and oxygen atoms in total. The molecule has 3 heteroatoms. The summed E-state index contributed by atoms with van der Waals surface area (Å²) in [5.41, 5.74) is 15.5. The Morgan fingerprint density at radius 1 is 0.480 bits per heavy atom. The predicted molar refractivity (Wildman–Crippen MR) is 206 cm³/mol. The van der Waals surface area contributed by atoms with Crippen LogP contribution in [0.2, 0.25) is 0 Å². The fourth-order valence-corrected chi connectivity index (χ4v) is 7.12. The molecule has 2 aliphatic carbocycles. The first kappa shape index (κ1) is 29.7. The van der Waals surface area contributed by atoms with Gasteiger partial charge in [-0.25, -0.2) is 9.97 Å². The van der Waals surface area contributed by atoms with Gasteiger partial charge in [0.2, 0.25) is 0 Å². The van der Waals surface area contributed by atoms with Gasteiger partial charge in [-0.15, -0.1) is 0 Å². The average molecular weight is 640 g/mol. The highest BCUT2D eigenvalue weighted by Gasteiger charge is 2.22. The molecule has 0 bridgehead atoms. The van der Waals surface area contributed by atoms with E-state index in [2.05, 4.69) is 157 Å². The largest absolute Gasteiger partial charge is 0.256 e. The highest BCUT2D eigenvalue weighted by molar-refractivity contribution is 5.87. The number of benzene rings is 5. The Bertz CT molecular complexity index is 2380. The second kappa shape index (κ2) is 12.9. The Labute approximate surface area is 292 Å². The van der Waals surface area contributed by atoms with Gasteiger partial charge in [0, 0.05) is 34.4 Å². The molecule has 0 saturated carbocycles. The molecule has 2 aromatic heterocycles. The SMILES string of the molecule is C1=CC2=Cc3c(cccc3-c3cc(-c4cccc(-c5ccccn5)c4)cc(-c4nc(-c5ccccc5)cc(-c5ccccc5)n4)c3)CC2C=C1. The lowest BCUT2D eigenvalue weighted by Crippen LogP contribution is -2.12. The van der Waals surface area contributed by atoms with Gasteiger partial charge in [-0.1, -0.05) is 134 Å². The Balaban J connectivity index is 1.26. The van der Waals surface area contributed by atoms with Crippen LogP contribution in [0.5, 0.6) is 0 Å². The monoisotopic (exact) mass is 639 g/mol. The average Bonchev–Trinajstić information content (AvgIpc) is 3.20. The molecule has 236 valence electrons. The zero-order valence-electron chi connectivity index (χ0n) is 27.4. The summed E-state index contributed by atoms with van der Waals surface area (Å²) >= 11 is 0. The van der Waals surface area contributed by atoms with Crippen LogP contribution >= 0.6 is 0 Å². The first-order valence-corrected chi connectivity index (χ1v) is 17.1. The topological polar surface area (TPSA) is 38.7 Å². The fraction of sp³-hybridized carbons (Fsp3) is 0.0426. The van der Waals surface area contributed by atoms with Gasteiger partial charge in [0.05, 0.1) is 17.1 Å². The molecular weight excluding hydrogens is 607 g/mol. The minimum atomic E-state index is 0.421. The summed E-state index contributed by atoms with van der Waals surface area (Å²) < 4.78 is 0. The molecule has 0 saturated heterocycles. The van der Waals surface area contributed by atoms with Crippen molar-refractivity contribution in [1.82, 2.24) is 15.0 Å². The maximum Gasteiger partial charge on any atom is 0.160 e. The third-order valence-corrected chi connectivity index (χ3v) is 9.64. The summed E-state index contributed by atoms with van der Waals surface area (Å²) in [6, 6.07) is 51.1. The minimum absolute atomic E-state index is 0.421. The van der Waals surface area contributed by atoms with Crippen LogP contribution in [0.15, 0.2) is 182 Å². The van der Waals surface area contributed by atoms with Crippen molar-refractivity contribution in [3.05, 3.63) is 193 Å². The van der Waals surface area contributed by atoms with E-state index in [1.54, 1.807) is 0 Å². The molecular formula is C47H33N3. The lowest BCUT2D eigenvalue weighted by atomic mass is 9.79. The highest BCUT2D eigenvalue weighted by Crippen LogP contribution is 2.40. The molecule has 5 aromatic carbocycles. The van der Waals surface area contributed by atoms with E-state index >= 15 is 0 Å². The molecule has 9 rings (SSSR count). The van der Waals surface area contributed by atoms with Gasteiger partial charge < -0.3 is 0 Å². The van der Waals surface area contributed by atoms with Gasteiger partial charge in [0.1, 0.15) is 0 Å². The first-order valence-electron chi connectivity index (χ1n) is 17.1. The van der Waals surface area contributed by atoms with Crippen LogP contribution in [0.25, 0.3) is 73.5 Å². The minimum Gasteiger partial charge on any atom is -0.256 e. The number of rotatable bonds is 6. The third kappa shape index (κ3) is 5.80. The highest BCUT2D eigenvalue weighted by atomic mass is 14.9. The predicted octanol–water partition coefficient (Wildman–Crippen LogP) is 11.6. The number of allylic oxidation sites excluding steroid dienone is 5. The summed E-state index contributed by atoms with van der Waals surface area (Å²) in [7, 11) is 0. The molecule has 0 fully saturated rings. The summed E-state index contributed by atoms with van der Waals surface area (Å²) in [5.74, 6) is 1.11. The van der Waals surface area contributed by atoms with Crippen molar-refractivity contribution >= 4 is 6.08 Å². The Morgan fingerprint density at radius 2 is 1.14 bits per heavy atom. The lowest BCUT2D eigenvalue weighted by Gasteiger charge is -2.25. The van der Waals surface area contributed by atoms with Gasteiger partial charge in [-0.05, 0) is 87.8 Å². The molecule has 7 aromatic rings. The maximum atomic E-state index is 5.23. The quantitative estimate of drug-likeness (QED) is 0.182. The summed E-state index contributed by atoms with van der Waals surface area (Å²) in [6.45, 7) is 0. The Morgan fingerprint density at radius 3 is 1.90 bits per heavy atom. The summed E-state index contributed by atoms with van der Waals surface area (Å²) in [6.07, 6.45) is 14.1. The van der Waals surface area contributed by atoms with Crippen molar-refractivity contribution in [2.75, 3.05) is 0 Å². The van der Waals surface area contributed by atoms with Crippen molar-refractivity contribution in [1.29, 1.82) is 0 Å². The van der Waals surface area contributed by atoms with Crippen molar-refractivity contribution < 1.29 is 0 Å². The van der Waals surface area contributed by atoms with E-state index in [4.69, 9.17) is 9.97 Å².